The predicted octanol–water partition coefficient (Wildman–Crippen LogP) is 0.952. The van der Waals surface area contributed by atoms with Crippen molar-refractivity contribution < 1.29 is 4.79 Å². The van der Waals surface area contributed by atoms with Gasteiger partial charge < -0.3 is 10.2 Å². The maximum absolute atomic E-state index is 12.4. The molecule has 0 spiro atoms. The highest BCUT2D eigenvalue weighted by molar-refractivity contribution is 5.95. The van der Waals surface area contributed by atoms with E-state index in [1.807, 2.05) is 11.6 Å². The van der Waals surface area contributed by atoms with Crippen molar-refractivity contribution in [3.63, 3.8) is 0 Å². The van der Waals surface area contributed by atoms with Crippen LogP contribution in [0.4, 0.5) is 5.69 Å². The second-order valence-electron chi connectivity index (χ2n) is 6.85. The van der Waals surface area contributed by atoms with Crippen LogP contribution in [0.5, 0.6) is 0 Å². The number of aromatic nitrogens is 4. The first-order chi connectivity index (χ1) is 12.5. The lowest BCUT2D eigenvalue weighted by molar-refractivity contribution is 0.0947. The molecule has 0 radical (unpaired) electrons. The SMILES string of the molecule is CCCn1ncc(C(=O)NCC2CCN(c3cnn(C)c(=O)c3)C2)c1C. The topological polar surface area (TPSA) is 85.1 Å². The molecule has 1 amide bonds. The summed E-state index contributed by atoms with van der Waals surface area (Å²) in [5, 5.41) is 11.4. The lowest BCUT2D eigenvalue weighted by Gasteiger charge is -2.18. The van der Waals surface area contributed by atoms with Gasteiger partial charge in [0.15, 0.2) is 0 Å². The average Bonchev–Trinajstić information content (AvgIpc) is 3.23. The Kier molecular flexibility index (Phi) is 5.39. The molecule has 8 nitrogen and oxygen atoms in total. The van der Waals surface area contributed by atoms with E-state index in [9.17, 15) is 9.59 Å². The summed E-state index contributed by atoms with van der Waals surface area (Å²) in [6.45, 7) is 7.13. The number of rotatable bonds is 6. The lowest BCUT2D eigenvalue weighted by atomic mass is 10.1. The maximum atomic E-state index is 12.4. The summed E-state index contributed by atoms with van der Waals surface area (Å²) in [7, 11) is 1.64. The summed E-state index contributed by atoms with van der Waals surface area (Å²) < 4.78 is 3.19. The minimum Gasteiger partial charge on any atom is -0.370 e. The molecule has 140 valence electrons. The van der Waals surface area contributed by atoms with Crippen molar-refractivity contribution in [2.24, 2.45) is 13.0 Å². The lowest BCUT2D eigenvalue weighted by Crippen LogP contribution is -2.31. The van der Waals surface area contributed by atoms with Crippen LogP contribution in [-0.2, 0) is 13.6 Å². The van der Waals surface area contributed by atoms with Crippen LogP contribution in [0.2, 0.25) is 0 Å². The number of amides is 1. The molecular weight excluding hydrogens is 332 g/mol. The van der Waals surface area contributed by atoms with E-state index < -0.39 is 0 Å². The fourth-order valence-corrected chi connectivity index (χ4v) is 3.31. The number of carbonyl (C=O) groups excluding carboxylic acids is 1. The second kappa shape index (κ2) is 7.72. The molecule has 1 saturated heterocycles. The van der Waals surface area contributed by atoms with E-state index in [1.165, 1.54) is 4.68 Å². The Hall–Kier alpha value is -2.64. The van der Waals surface area contributed by atoms with Crippen LogP contribution in [0.3, 0.4) is 0 Å². The molecule has 3 heterocycles. The van der Waals surface area contributed by atoms with Gasteiger partial charge in [0.1, 0.15) is 0 Å². The van der Waals surface area contributed by atoms with Gasteiger partial charge >= 0.3 is 0 Å². The van der Waals surface area contributed by atoms with Crippen LogP contribution in [0.25, 0.3) is 0 Å². The third-order valence-electron chi connectivity index (χ3n) is 4.94. The number of nitrogens with zero attached hydrogens (tertiary/aromatic N) is 5. The maximum Gasteiger partial charge on any atom is 0.268 e. The Labute approximate surface area is 152 Å². The van der Waals surface area contributed by atoms with Gasteiger partial charge in [0.05, 0.1) is 23.6 Å². The van der Waals surface area contributed by atoms with Gasteiger partial charge in [-0.3, -0.25) is 14.3 Å². The third kappa shape index (κ3) is 3.79. The van der Waals surface area contributed by atoms with E-state index >= 15 is 0 Å². The molecule has 1 aliphatic heterocycles. The quantitative estimate of drug-likeness (QED) is 0.831. The molecule has 2 aromatic rings. The fourth-order valence-electron chi connectivity index (χ4n) is 3.31. The molecule has 26 heavy (non-hydrogen) atoms. The van der Waals surface area contributed by atoms with Crippen molar-refractivity contribution in [2.45, 2.75) is 33.2 Å². The minimum atomic E-state index is -0.112. The summed E-state index contributed by atoms with van der Waals surface area (Å²) in [5.74, 6) is 0.285. The normalized spacial score (nSPS) is 16.9. The Morgan fingerprint density at radius 3 is 2.88 bits per heavy atom. The van der Waals surface area contributed by atoms with Crippen LogP contribution in [0.1, 0.15) is 35.8 Å². The van der Waals surface area contributed by atoms with E-state index in [4.69, 9.17) is 0 Å². The molecule has 2 aromatic heterocycles. The molecular formula is C18H26N6O2. The zero-order valence-electron chi connectivity index (χ0n) is 15.6. The first kappa shape index (κ1) is 18.2. The van der Waals surface area contributed by atoms with Gasteiger partial charge in [0, 0.05) is 45.0 Å². The van der Waals surface area contributed by atoms with Crippen molar-refractivity contribution in [3.8, 4) is 0 Å². The van der Waals surface area contributed by atoms with Crippen LogP contribution >= 0.6 is 0 Å². The van der Waals surface area contributed by atoms with Gasteiger partial charge in [-0.15, -0.1) is 0 Å². The molecule has 1 unspecified atom stereocenters. The van der Waals surface area contributed by atoms with Crippen molar-refractivity contribution in [2.75, 3.05) is 24.5 Å². The van der Waals surface area contributed by atoms with Gasteiger partial charge in [-0.2, -0.15) is 10.2 Å². The van der Waals surface area contributed by atoms with E-state index in [-0.39, 0.29) is 11.5 Å². The van der Waals surface area contributed by atoms with Gasteiger partial charge in [0.25, 0.3) is 11.5 Å². The number of nitrogens with one attached hydrogen (secondary N) is 1. The molecule has 0 aliphatic carbocycles. The highest BCUT2D eigenvalue weighted by Gasteiger charge is 2.24. The molecule has 0 saturated carbocycles. The van der Waals surface area contributed by atoms with Crippen LogP contribution in [-0.4, -0.2) is 45.1 Å². The highest BCUT2D eigenvalue weighted by atomic mass is 16.1. The number of anilines is 1. The standard InChI is InChI=1S/C18H26N6O2/c1-4-6-24-13(2)16(11-21-24)18(26)19-9-14-5-7-23(12-14)15-8-17(25)22(3)20-10-15/h8,10-11,14H,4-7,9,12H2,1-3H3,(H,19,26). The second-order valence-corrected chi connectivity index (χ2v) is 6.85. The average molecular weight is 358 g/mol. The number of aryl methyl sites for hydroxylation is 2. The third-order valence-corrected chi connectivity index (χ3v) is 4.94. The summed E-state index contributed by atoms with van der Waals surface area (Å²) in [4.78, 5) is 26.3. The van der Waals surface area contributed by atoms with Gasteiger partial charge in [-0.25, -0.2) is 4.68 Å². The van der Waals surface area contributed by atoms with Gasteiger partial charge in [0.2, 0.25) is 0 Å². The van der Waals surface area contributed by atoms with Crippen molar-refractivity contribution in [1.29, 1.82) is 0 Å². The Morgan fingerprint density at radius 1 is 1.35 bits per heavy atom. The van der Waals surface area contributed by atoms with Crippen molar-refractivity contribution in [1.82, 2.24) is 24.9 Å². The Bertz CT molecular complexity index is 840. The van der Waals surface area contributed by atoms with Crippen LogP contribution < -0.4 is 15.8 Å². The Balaban J connectivity index is 1.55. The Morgan fingerprint density at radius 2 is 2.15 bits per heavy atom. The zero-order valence-corrected chi connectivity index (χ0v) is 15.6. The molecule has 3 rings (SSSR count). The number of hydrogen-bond donors (Lipinski definition) is 1. The molecule has 1 aliphatic rings. The van der Waals surface area contributed by atoms with Crippen molar-refractivity contribution >= 4 is 11.6 Å². The minimum absolute atomic E-state index is 0.0708. The van der Waals surface area contributed by atoms with E-state index in [2.05, 4.69) is 27.3 Å². The predicted molar refractivity (Wildman–Crippen MR) is 99.4 cm³/mol. The van der Waals surface area contributed by atoms with Gasteiger partial charge in [-0.1, -0.05) is 6.92 Å². The fraction of sp³-hybridized carbons (Fsp3) is 0.556. The highest BCUT2D eigenvalue weighted by Crippen LogP contribution is 2.21. The molecule has 8 heteroatoms. The monoisotopic (exact) mass is 358 g/mol. The van der Waals surface area contributed by atoms with Crippen LogP contribution in [0.15, 0.2) is 23.3 Å². The smallest absolute Gasteiger partial charge is 0.268 e. The molecule has 0 aromatic carbocycles. The van der Waals surface area contributed by atoms with E-state index in [1.54, 1.807) is 25.5 Å². The summed E-state index contributed by atoms with van der Waals surface area (Å²) >= 11 is 0. The molecule has 0 bridgehead atoms. The number of hydrogen-bond acceptors (Lipinski definition) is 5. The summed E-state index contributed by atoms with van der Waals surface area (Å²) in [6.07, 6.45) is 5.32. The van der Waals surface area contributed by atoms with E-state index in [0.717, 1.165) is 43.9 Å². The molecule has 1 fully saturated rings. The van der Waals surface area contributed by atoms with Crippen molar-refractivity contribution in [3.05, 3.63) is 40.1 Å². The zero-order chi connectivity index (χ0) is 18.7. The number of carbonyl (C=O) groups is 1. The first-order valence-electron chi connectivity index (χ1n) is 9.08. The summed E-state index contributed by atoms with van der Waals surface area (Å²) in [6, 6.07) is 1.61. The first-order valence-corrected chi connectivity index (χ1v) is 9.08. The van der Waals surface area contributed by atoms with E-state index in [0.29, 0.717) is 18.0 Å². The summed E-state index contributed by atoms with van der Waals surface area (Å²) in [5.41, 5.74) is 2.28. The van der Waals surface area contributed by atoms with Gasteiger partial charge in [-0.05, 0) is 25.7 Å². The molecule has 1 atom stereocenters. The molecule has 1 N–H and O–H groups in total. The van der Waals surface area contributed by atoms with Crippen LogP contribution in [0, 0.1) is 12.8 Å². The largest absolute Gasteiger partial charge is 0.370 e.